The highest BCUT2D eigenvalue weighted by molar-refractivity contribution is 7.09. The molecule has 2 rings (SSSR count). The van der Waals surface area contributed by atoms with Gasteiger partial charge in [-0.15, -0.1) is 11.3 Å². The summed E-state index contributed by atoms with van der Waals surface area (Å²) in [5, 5.41) is 1.93. The van der Waals surface area contributed by atoms with Crippen molar-refractivity contribution in [2.75, 3.05) is 6.61 Å². The van der Waals surface area contributed by atoms with Gasteiger partial charge in [0.1, 0.15) is 5.69 Å². The molecule has 2 aromatic heterocycles. The van der Waals surface area contributed by atoms with Crippen molar-refractivity contribution in [1.82, 2.24) is 4.98 Å². The normalized spacial score (nSPS) is 11.6. The molecule has 0 aliphatic heterocycles. The molecule has 0 bridgehead atoms. The summed E-state index contributed by atoms with van der Waals surface area (Å²) >= 11 is 1.57. The van der Waals surface area contributed by atoms with E-state index in [1.54, 1.807) is 11.3 Å². The van der Waals surface area contributed by atoms with Gasteiger partial charge < -0.3 is 10.5 Å². The van der Waals surface area contributed by atoms with E-state index >= 15 is 0 Å². The number of thiophene rings is 1. The van der Waals surface area contributed by atoms with Crippen LogP contribution < -0.4 is 10.5 Å². The van der Waals surface area contributed by atoms with Crippen LogP contribution in [0.25, 0.3) is 0 Å². The Morgan fingerprint density at radius 2 is 2.05 bits per heavy atom. The summed E-state index contributed by atoms with van der Waals surface area (Å²) in [6, 6.07) is 6.07. The number of nitrogens with zero attached hydrogens (tertiary/aromatic N) is 1. The number of ether oxygens (including phenoxy) is 1. The Kier molecular flexibility index (Phi) is 4.61. The number of nitrogens with two attached hydrogens (primary N) is 1. The molecule has 0 fully saturated rings. The summed E-state index contributed by atoms with van der Waals surface area (Å²) in [5.74, 6) is -0.0427. The van der Waals surface area contributed by atoms with Crippen molar-refractivity contribution in [2.24, 2.45) is 5.73 Å². The Morgan fingerprint density at radius 3 is 2.65 bits per heavy atom. The molecule has 2 heterocycles. The minimum atomic E-state index is -4.49. The van der Waals surface area contributed by atoms with E-state index in [-0.39, 0.29) is 19.0 Å². The Balaban J connectivity index is 2.08. The minimum Gasteiger partial charge on any atom is -0.477 e. The molecule has 0 aliphatic carbocycles. The molecule has 7 heteroatoms. The zero-order chi connectivity index (χ0) is 14.6. The first-order chi connectivity index (χ1) is 9.50. The Morgan fingerprint density at radius 1 is 1.25 bits per heavy atom. The molecule has 20 heavy (non-hydrogen) atoms. The first-order valence-corrected chi connectivity index (χ1v) is 6.81. The van der Waals surface area contributed by atoms with Crippen molar-refractivity contribution >= 4 is 11.3 Å². The van der Waals surface area contributed by atoms with E-state index in [2.05, 4.69) is 4.98 Å². The van der Waals surface area contributed by atoms with E-state index in [1.165, 1.54) is 6.07 Å². The number of hydrogen-bond acceptors (Lipinski definition) is 4. The van der Waals surface area contributed by atoms with E-state index in [0.717, 1.165) is 10.9 Å². The maximum absolute atomic E-state index is 12.6. The van der Waals surface area contributed by atoms with Crippen molar-refractivity contribution in [1.29, 1.82) is 0 Å². The predicted octanol–water partition coefficient (Wildman–Crippen LogP) is 3.24. The average molecular weight is 302 g/mol. The van der Waals surface area contributed by atoms with Crippen molar-refractivity contribution in [3.63, 3.8) is 0 Å². The Labute approximate surface area is 118 Å². The average Bonchev–Trinajstić information content (AvgIpc) is 2.90. The molecule has 2 aromatic rings. The molecular formula is C13H13F3N2OS. The van der Waals surface area contributed by atoms with E-state index in [0.29, 0.717) is 12.0 Å². The highest BCUT2D eigenvalue weighted by Gasteiger charge is 2.33. The van der Waals surface area contributed by atoms with Gasteiger partial charge in [0.2, 0.25) is 5.88 Å². The zero-order valence-electron chi connectivity index (χ0n) is 10.5. The van der Waals surface area contributed by atoms with Gasteiger partial charge in [-0.2, -0.15) is 13.2 Å². The zero-order valence-corrected chi connectivity index (χ0v) is 11.3. The van der Waals surface area contributed by atoms with Crippen LogP contribution in [0.15, 0.2) is 29.6 Å². The van der Waals surface area contributed by atoms with Crippen LogP contribution in [0.3, 0.4) is 0 Å². The molecule has 3 nitrogen and oxygen atoms in total. The lowest BCUT2D eigenvalue weighted by molar-refractivity contribution is -0.141. The maximum atomic E-state index is 12.6. The molecule has 0 saturated carbocycles. The number of halogens is 3. The fraction of sp³-hybridized carbons (Fsp3) is 0.308. The van der Waals surface area contributed by atoms with Crippen LogP contribution in [0.4, 0.5) is 13.2 Å². The van der Waals surface area contributed by atoms with E-state index < -0.39 is 11.9 Å². The van der Waals surface area contributed by atoms with E-state index in [9.17, 15) is 13.2 Å². The van der Waals surface area contributed by atoms with Gasteiger partial charge >= 0.3 is 6.18 Å². The van der Waals surface area contributed by atoms with Gasteiger partial charge in [0.15, 0.2) is 0 Å². The molecular weight excluding hydrogens is 289 g/mol. The molecule has 0 aromatic carbocycles. The standard InChI is InChI=1S/C13H13F3N2OS/c14-13(15,16)11-4-3-9(8-17)12(18-11)19-6-5-10-2-1-7-20-10/h1-4,7H,5-6,8,17H2. The second kappa shape index (κ2) is 6.23. The molecule has 0 spiro atoms. The third-order valence-corrected chi connectivity index (χ3v) is 3.55. The summed E-state index contributed by atoms with van der Waals surface area (Å²) in [7, 11) is 0. The fourth-order valence-corrected chi connectivity index (χ4v) is 2.30. The van der Waals surface area contributed by atoms with Crippen LogP contribution in [0, 0.1) is 0 Å². The minimum absolute atomic E-state index is 0.0427. The lowest BCUT2D eigenvalue weighted by Gasteiger charge is -2.12. The first kappa shape index (κ1) is 14.8. The Hall–Kier alpha value is -1.60. The van der Waals surface area contributed by atoms with Gasteiger partial charge in [-0.05, 0) is 17.5 Å². The largest absolute Gasteiger partial charge is 0.477 e. The molecule has 2 N–H and O–H groups in total. The SMILES string of the molecule is NCc1ccc(C(F)(F)F)nc1OCCc1cccs1. The third kappa shape index (κ3) is 3.71. The summed E-state index contributed by atoms with van der Waals surface area (Å²) < 4.78 is 43.2. The quantitative estimate of drug-likeness (QED) is 0.922. The molecule has 0 unspecified atom stereocenters. The lowest BCUT2D eigenvalue weighted by atomic mass is 10.2. The Bertz CT molecular complexity index is 555. The monoisotopic (exact) mass is 302 g/mol. The molecule has 0 aliphatic rings. The van der Waals surface area contributed by atoms with Gasteiger partial charge in [-0.25, -0.2) is 4.98 Å². The molecule has 0 radical (unpaired) electrons. The molecule has 108 valence electrons. The highest BCUT2D eigenvalue weighted by atomic mass is 32.1. The predicted molar refractivity (Wildman–Crippen MR) is 70.6 cm³/mol. The van der Waals surface area contributed by atoms with Crippen LogP contribution >= 0.6 is 11.3 Å². The number of rotatable bonds is 5. The summed E-state index contributed by atoms with van der Waals surface area (Å²) in [6.07, 6.45) is -3.86. The van der Waals surface area contributed by atoms with Crippen LogP contribution in [0.1, 0.15) is 16.1 Å². The number of alkyl halides is 3. The fourth-order valence-electron chi connectivity index (χ4n) is 1.61. The van der Waals surface area contributed by atoms with Crippen LogP contribution in [-0.4, -0.2) is 11.6 Å². The van der Waals surface area contributed by atoms with E-state index in [4.69, 9.17) is 10.5 Å². The van der Waals surface area contributed by atoms with Crippen molar-refractivity contribution in [3.8, 4) is 5.88 Å². The van der Waals surface area contributed by atoms with Gasteiger partial charge in [0, 0.05) is 23.4 Å². The molecule has 0 amide bonds. The topological polar surface area (TPSA) is 48.1 Å². The molecule has 0 atom stereocenters. The van der Waals surface area contributed by atoms with Crippen molar-refractivity contribution < 1.29 is 17.9 Å². The second-order valence-corrected chi connectivity index (χ2v) is 5.07. The van der Waals surface area contributed by atoms with Gasteiger partial charge in [-0.1, -0.05) is 12.1 Å². The second-order valence-electron chi connectivity index (χ2n) is 4.04. The lowest BCUT2D eigenvalue weighted by Crippen LogP contribution is -2.13. The first-order valence-electron chi connectivity index (χ1n) is 5.93. The van der Waals surface area contributed by atoms with Crippen molar-refractivity contribution in [2.45, 2.75) is 19.1 Å². The highest BCUT2D eigenvalue weighted by Crippen LogP contribution is 2.30. The van der Waals surface area contributed by atoms with Gasteiger partial charge in [0.05, 0.1) is 6.61 Å². The number of aromatic nitrogens is 1. The molecule has 0 saturated heterocycles. The van der Waals surface area contributed by atoms with Crippen LogP contribution in [0.2, 0.25) is 0 Å². The van der Waals surface area contributed by atoms with E-state index in [1.807, 2.05) is 17.5 Å². The summed E-state index contributed by atoms with van der Waals surface area (Å²) in [4.78, 5) is 4.61. The summed E-state index contributed by atoms with van der Waals surface area (Å²) in [6.45, 7) is 0.349. The van der Waals surface area contributed by atoms with Crippen molar-refractivity contribution in [3.05, 3.63) is 45.8 Å². The van der Waals surface area contributed by atoms with Gasteiger partial charge in [0.25, 0.3) is 0 Å². The van der Waals surface area contributed by atoms with Gasteiger partial charge in [-0.3, -0.25) is 0 Å². The number of hydrogen-bond donors (Lipinski definition) is 1. The number of pyridine rings is 1. The smallest absolute Gasteiger partial charge is 0.433 e. The van der Waals surface area contributed by atoms with Crippen LogP contribution in [-0.2, 0) is 19.1 Å². The maximum Gasteiger partial charge on any atom is 0.433 e. The third-order valence-electron chi connectivity index (χ3n) is 2.62. The van der Waals surface area contributed by atoms with Crippen LogP contribution in [0.5, 0.6) is 5.88 Å². The summed E-state index contributed by atoms with van der Waals surface area (Å²) in [5.41, 5.74) is 4.97.